The van der Waals surface area contributed by atoms with Crippen LogP contribution in [0, 0.1) is 0 Å². The van der Waals surface area contributed by atoms with Crippen LogP contribution in [0.25, 0.3) is 0 Å². The largest absolute Gasteiger partial charge is 0.391 e. The molecule has 2 heterocycles. The molecule has 3 rings (SSSR count). The van der Waals surface area contributed by atoms with E-state index in [-0.39, 0.29) is 15.6 Å². The highest BCUT2D eigenvalue weighted by molar-refractivity contribution is 6.40. The van der Waals surface area contributed by atoms with E-state index in [1.807, 2.05) is 0 Å². The van der Waals surface area contributed by atoms with E-state index in [0.29, 0.717) is 23.7 Å². The van der Waals surface area contributed by atoms with Crippen molar-refractivity contribution in [3.05, 3.63) is 64.5 Å². The number of carbonyl (C=O) groups excluding carboxylic acids is 1. The summed E-state index contributed by atoms with van der Waals surface area (Å²) in [6.45, 7) is 2.08. The lowest BCUT2D eigenvalue weighted by Gasteiger charge is -2.10. The van der Waals surface area contributed by atoms with E-state index < -0.39 is 12.0 Å². The highest BCUT2D eigenvalue weighted by Gasteiger charge is 2.15. The second-order valence-electron chi connectivity index (χ2n) is 5.91. The van der Waals surface area contributed by atoms with Crippen LogP contribution in [0.1, 0.15) is 17.3 Å². The topological polar surface area (TPSA) is 92.1 Å². The molecular weight excluding hydrogens is 389 g/mol. The fraction of sp³-hybridized carbons (Fsp3) is 0.167. The number of aliphatic hydroxyl groups is 1. The van der Waals surface area contributed by atoms with Gasteiger partial charge in [0.2, 0.25) is 0 Å². The van der Waals surface area contributed by atoms with Crippen molar-refractivity contribution in [1.29, 1.82) is 0 Å². The number of aromatic nitrogens is 3. The third-order valence-electron chi connectivity index (χ3n) is 3.56. The van der Waals surface area contributed by atoms with Crippen molar-refractivity contribution in [2.24, 2.45) is 0 Å². The second-order valence-corrected chi connectivity index (χ2v) is 6.72. The van der Waals surface area contributed by atoms with Gasteiger partial charge in [-0.05, 0) is 25.1 Å². The van der Waals surface area contributed by atoms with E-state index in [1.165, 1.54) is 0 Å². The highest BCUT2D eigenvalue weighted by atomic mass is 35.5. The van der Waals surface area contributed by atoms with Crippen molar-refractivity contribution in [1.82, 2.24) is 14.8 Å². The van der Waals surface area contributed by atoms with Crippen LogP contribution in [0.3, 0.4) is 0 Å². The Balaban J connectivity index is 1.72. The van der Waals surface area contributed by atoms with Gasteiger partial charge in [0.15, 0.2) is 0 Å². The van der Waals surface area contributed by atoms with Crippen molar-refractivity contribution in [2.45, 2.75) is 19.6 Å². The molecular formula is C18H17Cl2N5O2. The fourth-order valence-electron chi connectivity index (χ4n) is 2.43. The van der Waals surface area contributed by atoms with Crippen LogP contribution in [0.4, 0.5) is 17.2 Å². The zero-order chi connectivity index (χ0) is 19.4. The first kappa shape index (κ1) is 19.2. The van der Waals surface area contributed by atoms with Gasteiger partial charge in [0, 0.05) is 24.1 Å². The monoisotopic (exact) mass is 405 g/mol. The van der Waals surface area contributed by atoms with Crippen LogP contribution in [-0.2, 0) is 6.54 Å². The molecule has 0 aliphatic carbocycles. The minimum absolute atomic E-state index is 0.214. The lowest BCUT2D eigenvalue weighted by molar-refractivity contribution is 0.102. The molecule has 0 saturated heterocycles. The zero-order valence-electron chi connectivity index (χ0n) is 14.4. The van der Waals surface area contributed by atoms with Crippen LogP contribution < -0.4 is 10.6 Å². The Morgan fingerprint density at radius 3 is 2.70 bits per heavy atom. The van der Waals surface area contributed by atoms with Crippen LogP contribution in [0.5, 0.6) is 0 Å². The number of amides is 1. The molecule has 9 heteroatoms. The summed E-state index contributed by atoms with van der Waals surface area (Å²) >= 11 is 12.1. The standard InChI is InChI=1S/C18H17Cl2N5O2/c1-11(26)9-25-10-13(8-22-25)23-16-7-12(5-6-21-16)24-18(27)17-14(19)3-2-4-15(17)20/h2-8,10-11,26H,9H2,1H3,(H2,21,23,24,27)/t11-/m1/s1. The van der Waals surface area contributed by atoms with Crippen molar-refractivity contribution in [2.75, 3.05) is 10.6 Å². The molecule has 0 bridgehead atoms. The first-order valence-electron chi connectivity index (χ1n) is 8.11. The first-order chi connectivity index (χ1) is 12.9. The molecule has 140 valence electrons. The molecule has 2 aromatic heterocycles. The smallest absolute Gasteiger partial charge is 0.258 e. The minimum Gasteiger partial charge on any atom is -0.391 e. The van der Waals surface area contributed by atoms with E-state index in [4.69, 9.17) is 23.2 Å². The van der Waals surface area contributed by atoms with Crippen molar-refractivity contribution in [3.8, 4) is 0 Å². The summed E-state index contributed by atoms with van der Waals surface area (Å²) < 4.78 is 1.62. The molecule has 0 aliphatic heterocycles. The van der Waals surface area contributed by atoms with Gasteiger partial charge in [-0.3, -0.25) is 9.48 Å². The summed E-state index contributed by atoms with van der Waals surface area (Å²) in [7, 11) is 0. The van der Waals surface area contributed by atoms with Gasteiger partial charge in [0.05, 0.1) is 40.1 Å². The van der Waals surface area contributed by atoms with Gasteiger partial charge in [0.1, 0.15) is 5.82 Å². The van der Waals surface area contributed by atoms with Gasteiger partial charge in [-0.2, -0.15) is 5.10 Å². The maximum Gasteiger partial charge on any atom is 0.258 e. The molecule has 0 fully saturated rings. The van der Waals surface area contributed by atoms with Crippen molar-refractivity contribution < 1.29 is 9.90 Å². The Bertz CT molecular complexity index is 938. The van der Waals surface area contributed by atoms with Gasteiger partial charge < -0.3 is 15.7 Å². The number of carbonyl (C=O) groups is 1. The summed E-state index contributed by atoms with van der Waals surface area (Å²) in [4.78, 5) is 16.7. The molecule has 0 aliphatic rings. The Labute approximate surface area is 165 Å². The number of benzene rings is 1. The Morgan fingerprint density at radius 2 is 2.00 bits per heavy atom. The number of pyridine rings is 1. The molecule has 3 aromatic rings. The average molecular weight is 406 g/mol. The van der Waals surface area contributed by atoms with Gasteiger partial charge in [-0.1, -0.05) is 29.3 Å². The number of nitrogens with one attached hydrogen (secondary N) is 2. The van der Waals surface area contributed by atoms with Crippen LogP contribution in [0.2, 0.25) is 10.0 Å². The summed E-state index contributed by atoms with van der Waals surface area (Å²) in [5.74, 6) is 0.113. The number of aliphatic hydroxyl groups excluding tert-OH is 1. The SMILES string of the molecule is C[C@@H](O)Cn1cc(Nc2cc(NC(=O)c3c(Cl)cccc3Cl)ccn2)cn1. The van der Waals surface area contributed by atoms with E-state index in [9.17, 15) is 9.90 Å². The number of anilines is 3. The molecule has 1 aromatic carbocycles. The van der Waals surface area contributed by atoms with E-state index >= 15 is 0 Å². The van der Waals surface area contributed by atoms with Crippen LogP contribution >= 0.6 is 23.2 Å². The average Bonchev–Trinajstić information content (AvgIpc) is 3.01. The molecule has 27 heavy (non-hydrogen) atoms. The Hall–Kier alpha value is -2.61. The number of hydrogen-bond acceptors (Lipinski definition) is 5. The third-order valence-corrected chi connectivity index (χ3v) is 4.19. The quantitative estimate of drug-likeness (QED) is 0.576. The second kappa shape index (κ2) is 8.39. The predicted octanol–water partition coefficient (Wildman–Crippen LogP) is 3.96. The minimum atomic E-state index is -0.494. The van der Waals surface area contributed by atoms with Gasteiger partial charge >= 0.3 is 0 Å². The molecule has 0 saturated carbocycles. The highest BCUT2D eigenvalue weighted by Crippen LogP contribution is 2.26. The first-order valence-corrected chi connectivity index (χ1v) is 8.87. The number of nitrogens with zero attached hydrogens (tertiary/aromatic N) is 3. The summed E-state index contributed by atoms with van der Waals surface area (Å²) in [6, 6.07) is 8.21. The lowest BCUT2D eigenvalue weighted by atomic mass is 10.2. The zero-order valence-corrected chi connectivity index (χ0v) is 15.9. The molecule has 0 radical (unpaired) electrons. The Morgan fingerprint density at radius 1 is 1.26 bits per heavy atom. The van der Waals surface area contributed by atoms with Gasteiger partial charge in [-0.15, -0.1) is 0 Å². The van der Waals surface area contributed by atoms with Crippen molar-refractivity contribution in [3.63, 3.8) is 0 Å². The molecule has 0 unspecified atom stereocenters. The maximum atomic E-state index is 12.5. The van der Waals surface area contributed by atoms with Gasteiger partial charge in [-0.25, -0.2) is 4.98 Å². The molecule has 1 atom stereocenters. The third kappa shape index (κ3) is 4.97. The predicted molar refractivity (Wildman–Crippen MR) is 106 cm³/mol. The fourth-order valence-corrected chi connectivity index (χ4v) is 3.00. The van der Waals surface area contributed by atoms with E-state index in [0.717, 1.165) is 0 Å². The number of halogens is 2. The summed E-state index contributed by atoms with van der Waals surface area (Å²) in [6.07, 6.45) is 4.44. The van der Waals surface area contributed by atoms with Crippen LogP contribution in [0.15, 0.2) is 48.9 Å². The molecule has 1 amide bonds. The maximum absolute atomic E-state index is 12.5. The number of rotatable bonds is 6. The summed E-state index contributed by atoms with van der Waals surface area (Å²) in [5.41, 5.74) is 1.46. The molecule has 7 nitrogen and oxygen atoms in total. The number of hydrogen-bond donors (Lipinski definition) is 3. The summed E-state index contributed by atoms with van der Waals surface area (Å²) in [5, 5.41) is 20.0. The molecule has 3 N–H and O–H groups in total. The normalized spacial score (nSPS) is 11.9. The van der Waals surface area contributed by atoms with Gasteiger partial charge in [0.25, 0.3) is 5.91 Å². The van der Waals surface area contributed by atoms with E-state index in [2.05, 4.69) is 20.7 Å². The lowest BCUT2D eigenvalue weighted by Crippen LogP contribution is -2.13. The molecule has 0 spiro atoms. The Kier molecular flexibility index (Phi) is 5.95. The van der Waals surface area contributed by atoms with Crippen molar-refractivity contribution >= 4 is 46.3 Å². The van der Waals surface area contributed by atoms with E-state index in [1.54, 1.807) is 60.5 Å². The van der Waals surface area contributed by atoms with Crippen LogP contribution in [-0.4, -0.2) is 31.9 Å².